The molecule has 0 saturated carbocycles. The predicted octanol–water partition coefficient (Wildman–Crippen LogP) is 2.45. The Morgan fingerprint density at radius 1 is 1.26 bits per heavy atom. The van der Waals surface area contributed by atoms with Crippen LogP contribution in [0.15, 0.2) is 34.8 Å². The highest BCUT2D eigenvalue weighted by molar-refractivity contribution is 7.14. The van der Waals surface area contributed by atoms with Crippen LogP contribution in [0.3, 0.4) is 0 Å². The van der Waals surface area contributed by atoms with Gasteiger partial charge in [0.1, 0.15) is 29.0 Å². The minimum absolute atomic E-state index is 0.00318. The van der Waals surface area contributed by atoms with Crippen molar-refractivity contribution in [3.8, 4) is 16.3 Å². The number of rotatable bonds is 5. The summed E-state index contributed by atoms with van der Waals surface area (Å²) in [5, 5.41) is 20.9. The van der Waals surface area contributed by atoms with E-state index in [1.807, 2.05) is 5.01 Å². The van der Waals surface area contributed by atoms with Crippen LogP contribution in [-0.2, 0) is 11.2 Å². The van der Waals surface area contributed by atoms with Gasteiger partial charge in [0.05, 0.1) is 24.1 Å². The molecule has 1 N–H and O–H groups in total. The molecule has 1 aliphatic carbocycles. The molecule has 4 atom stereocenters. The Morgan fingerprint density at radius 3 is 2.74 bits per heavy atom. The summed E-state index contributed by atoms with van der Waals surface area (Å²) in [4.78, 5) is 27.5. The quantitative estimate of drug-likeness (QED) is 0.661. The van der Waals surface area contributed by atoms with Crippen molar-refractivity contribution >= 4 is 17.2 Å². The maximum Gasteiger partial charge on any atom is 0.277 e. The third-order valence-corrected chi connectivity index (χ3v) is 7.58. The first-order valence-electron chi connectivity index (χ1n) is 11.0. The number of fused-ring (bicyclic) bond motifs is 3. The molecule has 2 aromatic heterocycles. The van der Waals surface area contributed by atoms with Gasteiger partial charge in [-0.1, -0.05) is 11.3 Å². The first kappa shape index (κ1) is 23.5. The molecule has 35 heavy (non-hydrogen) atoms. The molecule has 5 rings (SSSR count). The monoisotopic (exact) mass is 509 g/mol. The molecule has 0 bridgehead atoms. The lowest BCUT2D eigenvalue weighted by Gasteiger charge is -2.43. The molecular formula is C22H22F3N5O4S. The lowest BCUT2D eigenvalue weighted by molar-refractivity contribution is 0.0636. The van der Waals surface area contributed by atoms with Gasteiger partial charge < -0.3 is 14.7 Å². The van der Waals surface area contributed by atoms with Gasteiger partial charge in [0.15, 0.2) is 16.5 Å². The number of hydrogen-bond donors (Lipinski definition) is 1. The van der Waals surface area contributed by atoms with Crippen molar-refractivity contribution in [3.63, 3.8) is 0 Å². The van der Waals surface area contributed by atoms with Crippen LogP contribution in [0.1, 0.15) is 28.3 Å². The number of carbonyl (C=O) groups is 1. The number of methoxy groups -OCH3 is 1. The zero-order chi connectivity index (χ0) is 25.0. The van der Waals surface area contributed by atoms with Gasteiger partial charge in [-0.25, -0.2) is 13.2 Å². The minimum Gasteiger partial charge on any atom is -0.502 e. The van der Waals surface area contributed by atoms with Crippen molar-refractivity contribution in [3.05, 3.63) is 50.9 Å². The van der Waals surface area contributed by atoms with Gasteiger partial charge >= 0.3 is 0 Å². The third-order valence-electron chi connectivity index (χ3n) is 6.60. The van der Waals surface area contributed by atoms with Crippen LogP contribution in [-0.4, -0.2) is 69.9 Å². The second-order valence-corrected chi connectivity index (χ2v) is 9.78. The van der Waals surface area contributed by atoms with Crippen molar-refractivity contribution in [2.24, 2.45) is 5.92 Å². The number of alkyl halides is 1. The summed E-state index contributed by atoms with van der Waals surface area (Å²) in [5.41, 5.74) is -0.968. The minimum atomic E-state index is -1.86. The summed E-state index contributed by atoms with van der Waals surface area (Å²) >= 11 is 0.935. The number of amides is 1. The number of aromatic nitrogens is 3. The van der Waals surface area contributed by atoms with E-state index in [-0.39, 0.29) is 39.9 Å². The smallest absolute Gasteiger partial charge is 0.277 e. The van der Waals surface area contributed by atoms with Gasteiger partial charge in [-0.15, -0.1) is 10.2 Å². The van der Waals surface area contributed by atoms with E-state index < -0.39 is 40.8 Å². The molecule has 2 aromatic rings. The number of halogens is 3. The van der Waals surface area contributed by atoms with Gasteiger partial charge in [-0.05, 0) is 18.9 Å². The fourth-order valence-corrected chi connectivity index (χ4v) is 5.77. The van der Waals surface area contributed by atoms with Crippen molar-refractivity contribution in [2.45, 2.75) is 37.6 Å². The fraction of sp³-hybridized carbons (Fsp3) is 0.455. The van der Waals surface area contributed by atoms with E-state index in [2.05, 4.69) is 10.2 Å². The predicted molar refractivity (Wildman–Crippen MR) is 121 cm³/mol. The SMILES string of the molecule is COC[C@@H]1CC[C@@H]2N(C)C(=O)c3c(O)c(=O)c(-c4nnc(CC5C(F)=CC(F)=CC5F)s4)cn3N12. The highest BCUT2D eigenvalue weighted by atomic mass is 32.1. The summed E-state index contributed by atoms with van der Waals surface area (Å²) in [6.07, 6.45) is 1.85. The Bertz CT molecular complexity index is 1310. The van der Waals surface area contributed by atoms with Gasteiger partial charge in [0.2, 0.25) is 5.43 Å². The average molecular weight is 510 g/mol. The van der Waals surface area contributed by atoms with E-state index in [4.69, 9.17) is 4.74 Å². The van der Waals surface area contributed by atoms with Crippen LogP contribution in [0.5, 0.6) is 5.75 Å². The summed E-state index contributed by atoms with van der Waals surface area (Å²) in [6, 6.07) is -0.102. The Hall–Kier alpha value is -3.19. The van der Waals surface area contributed by atoms with Gasteiger partial charge in [0, 0.05) is 32.9 Å². The van der Waals surface area contributed by atoms with Crippen LogP contribution in [0, 0.1) is 5.92 Å². The highest BCUT2D eigenvalue weighted by Crippen LogP contribution is 2.36. The van der Waals surface area contributed by atoms with Crippen LogP contribution in [0.4, 0.5) is 13.2 Å². The van der Waals surface area contributed by atoms with Crippen LogP contribution in [0.2, 0.25) is 0 Å². The summed E-state index contributed by atoms with van der Waals surface area (Å²) < 4.78 is 48.3. The van der Waals surface area contributed by atoms with Crippen molar-refractivity contribution in [1.82, 2.24) is 19.8 Å². The summed E-state index contributed by atoms with van der Waals surface area (Å²) in [5.74, 6) is -4.37. The van der Waals surface area contributed by atoms with E-state index in [1.165, 1.54) is 15.8 Å². The number of nitrogens with zero attached hydrogens (tertiary/aromatic N) is 5. The van der Waals surface area contributed by atoms with Crippen LogP contribution < -0.4 is 10.4 Å². The Labute approximate surface area is 201 Å². The topological polar surface area (TPSA) is 101 Å². The van der Waals surface area contributed by atoms with Crippen LogP contribution >= 0.6 is 11.3 Å². The second-order valence-electron chi connectivity index (χ2n) is 8.71. The Morgan fingerprint density at radius 2 is 2.03 bits per heavy atom. The number of hydrogen-bond acceptors (Lipinski definition) is 8. The molecule has 13 heteroatoms. The van der Waals surface area contributed by atoms with Crippen molar-refractivity contribution in [1.29, 1.82) is 0 Å². The third kappa shape index (κ3) is 3.82. The Balaban J connectivity index is 1.53. The van der Waals surface area contributed by atoms with Crippen molar-refractivity contribution < 1.29 is 27.8 Å². The molecular weight excluding hydrogens is 487 g/mol. The molecule has 2 unspecified atom stereocenters. The molecule has 1 amide bonds. The second kappa shape index (κ2) is 8.79. The number of ether oxygens (including phenoxy) is 1. The lowest BCUT2D eigenvalue weighted by atomic mass is 9.94. The zero-order valence-electron chi connectivity index (χ0n) is 18.8. The summed E-state index contributed by atoms with van der Waals surface area (Å²) in [6.45, 7) is 0.378. The Kier molecular flexibility index (Phi) is 5.91. The van der Waals surface area contributed by atoms with Crippen molar-refractivity contribution in [2.75, 3.05) is 25.8 Å². The first-order valence-corrected chi connectivity index (χ1v) is 11.8. The molecule has 0 radical (unpaired) electrons. The normalized spacial score (nSPS) is 25.9. The number of pyridine rings is 1. The molecule has 1 fully saturated rings. The number of aromatic hydroxyl groups is 1. The van der Waals surface area contributed by atoms with E-state index in [1.54, 1.807) is 14.2 Å². The molecule has 0 aromatic carbocycles. The number of carbonyl (C=O) groups excluding carboxylic acids is 1. The first-order chi connectivity index (χ1) is 16.7. The standard InChI is InChI=1S/C22H22F3N5O4S/c1-28-17-4-3-11(9-34-2)30(17)29-8-13(19(31)20(32)18(29)22(28)33)21-27-26-16(35-21)7-12-14(24)5-10(23)6-15(12)25/h5-6,8,11-12,14,17,32H,3-4,7,9H2,1-2H3/t11-,12?,14?,17+/m0/s1. The van der Waals surface area contributed by atoms with Gasteiger partial charge in [0.25, 0.3) is 5.91 Å². The van der Waals surface area contributed by atoms with Gasteiger partial charge in [-0.3, -0.25) is 19.3 Å². The molecule has 9 nitrogen and oxygen atoms in total. The highest BCUT2D eigenvalue weighted by Gasteiger charge is 2.45. The molecule has 3 aliphatic rings. The zero-order valence-corrected chi connectivity index (χ0v) is 19.6. The van der Waals surface area contributed by atoms with Crippen LogP contribution in [0.25, 0.3) is 10.6 Å². The fourth-order valence-electron chi connectivity index (χ4n) is 4.87. The average Bonchev–Trinajstić information content (AvgIpc) is 3.44. The maximum atomic E-state index is 14.2. The van der Waals surface area contributed by atoms with Gasteiger partial charge in [-0.2, -0.15) is 0 Å². The maximum absolute atomic E-state index is 14.2. The molecule has 2 aliphatic heterocycles. The van der Waals surface area contributed by atoms with E-state index in [0.717, 1.165) is 17.8 Å². The van der Waals surface area contributed by atoms with E-state index in [0.29, 0.717) is 25.2 Å². The lowest BCUT2D eigenvalue weighted by Crippen LogP contribution is -2.60. The number of allylic oxidation sites excluding steroid dienone is 4. The molecule has 4 heterocycles. The van der Waals surface area contributed by atoms with E-state index in [9.17, 15) is 27.9 Å². The van der Waals surface area contributed by atoms with E-state index >= 15 is 0 Å². The largest absolute Gasteiger partial charge is 0.502 e. The molecule has 1 saturated heterocycles. The molecule has 186 valence electrons. The summed E-state index contributed by atoms with van der Waals surface area (Å²) in [7, 11) is 3.19. The molecule has 0 spiro atoms.